The van der Waals surface area contributed by atoms with Gasteiger partial charge in [0.2, 0.25) is 0 Å². The molecular formula is C11H20N2. The SMILES string of the molecule is C1CCN2CN3CCCCC3C2C1. The maximum Gasteiger partial charge on any atom is 0.0512 e. The molecule has 74 valence electrons. The van der Waals surface area contributed by atoms with Gasteiger partial charge in [-0.15, -0.1) is 0 Å². The van der Waals surface area contributed by atoms with Crippen LogP contribution in [0, 0.1) is 0 Å². The molecule has 2 heteroatoms. The molecule has 3 fully saturated rings. The van der Waals surface area contributed by atoms with Crippen LogP contribution >= 0.6 is 0 Å². The molecule has 2 atom stereocenters. The Morgan fingerprint density at radius 2 is 1.23 bits per heavy atom. The third-order valence-corrected chi connectivity index (χ3v) is 4.14. The second-order valence-electron chi connectivity index (χ2n) is 4.89. The largest absolute Gasteiger partial charge is 0.286 e. The average Bonchev–Trinajstić information content (AvgIpc) is 2.56. The molecule has 0 aromatic rings. The Labute approximate surface area is 80.9 Å². The summed E-state index contributed by atoms with van der Waals surface area (Å²) in [6.45, 7) is 4.03. The van der Waals surface area contributed by atoms with Crippen molar-refractivity contribution in [3.05, 3.63) is 0 Å². The van der Waals surface area contributed by atoms with Crippen molar-refractivity contribution in [3.63, 3.8) is 0 Å². The maximum absolute atomic E-state index is 2.74. The van der Waals surface area contributed by atoms with Crippen molar-refractivity contribution in [2.24, 2.45) is 0 Å². The summed E-state index contributed by atoms with van der Waals surface area (Å²) in [5.41, 5.74) is 0. The van der Waals surface area contributed by atoms with Gasteiger partial charge in [0.15, 0.2) is 0 Å². The third kappa shape index (κ3) is 1.31. The summed E-state index contributed by atoms with van der Waals surface area (Å²) in [5.74, 6) is 0. The number of nitrogens with zero attached hydrogens (tertiary/aromatic N) is 2. The molecule has 2 nitrogen and oxygen atoms in total. The first-order valence-corrected chi connectivity index (χ1v) is 5.93. The van der Waals surface area contributed by atoms with E-state index in [-0.39, 0.29) is 0 Å². The van der Waals surface area contributed by atoms with Crippen LogP contribution in [0.25, 0.3) is 0 Å². The van der Waals surface area contributed by atoms with E-state index in [0.29, 0.717) is 0 Å². The van der Waals surface area contributed by atoms with E-state index in [0.717, 1.165) is 12.1 Å². The molecular weight excluding hydrogens is 160 g/mol. The van der Waals surface area contributed by atoms with E-state index >= 15 is 0 Å². The van der Waals surface area contributed by atoms with E-state index in [2.05, 4.69) is 9.80 Å². The van der Waals surface area contributed by atoms with Gasteiger partial charge >= 0.3 is 0 Å². The fraction of sp³-hybridized carbons (Fsp3) is 1.00. The Morgan fingerprint density at radius 1 is 0.692 bits per heavy atom. The van der Waals surface area contributed by atoms with Gasteiger partial charge < -0.3 is 0 Å². The fourth-order valence-electron chi connectivity index (χ4n) is 3.49. The van der Waals surface area contributed by atoms with Gasteiger partial charge in [-0.05, 0) is 38.8 Å². The van der Waals surface area contributed by atoms with Crippen LogP contribution in [0.2, 0.25) is 0 Å². The first kappa shape index (κ1) is 8.25. The van der Waals surface area contributed by atoms with Crippen molar-refractivity contribution >= 4 is 0 Å². The molecule has 2 unspecified atom stereocenters. The minimum absolute atomic E-state index is 0.939. The van der Waals surface area contributed by atoms with Gasteiger partial charge in [0.25, 0.3) is 0 Å². The van der Waals surface area contributed by atoms with Gasteiger partial charge in [0, 0.05) is 12.1 Å². The smallest absolute Gasteiger partial charge is 0.0512 e. The van der Waals surface area contributed by atoms with Crippen LogP contribution < -0.4 is 0 Å². The summed E-state index contributed by atoms with van der Waals surface area (Å²) < 4.78 is 0. The zero-order valence-corrected chi connectivity index (χ0v) is 8.41. The normalized spacial score (nSPS) is 41.5. The van der Waals surface area contributed by atoms with E-state index in [1.165, 1.54) is 58.3 Å². The quantitative estimate of drug-likeness (QED) is 0.559. The van der Waals surface area contributed by atoms with Crippen LogP contribution in [0.15, 0.2) is 0 Å². The minimum atomic E-state index is 0.939. The van der Waals surface area contributed by atoms with Gasteiger partial charge in [-0.1, -0.05) is 12.8 Å². The Morgan fingerprint density at radius 3 is 1.77 bits per heavy atom. The standard InChI is InChI=1S/C11H20N2/c1-3-7-12-9-13-8-4-2-6-11(13)10(12)5-1/h10-11H,1-9H2. The molecule has 0 saturated carbocycles. The average molecular weight is 180 g/mol. The predicted octanol–water partition coefficient (Wildman–Crippen LogP) is 1.67. The molecule has 3 heterocycles. The molecule has 0 radical (unpaired) electrons. The second-order valence-corrected chi connectivity index (χ2v) is 4.89. The summed E-state index contributed by atoms with van der Waals surface area (Å²) in [7, 11) is 0. The fourth-order valence-corrected chi connectivity index (χ4v) is 3.49. The van der Waals surface area contributed by atoms with Crippen LogP contribution in [0.1, 0.15) is 38.5 Å². The van der Waals surface area contributed by atoms with Crippen LogP contribution in [0.5, 0.6) is 0 Å². The van der Waals surface area contributed by atoms with Crippen molar-refractivity contribution in [2.45, 2.75) is 50.6 Å². The first-order valence-electron chi connectivity index (χ1n) is 5.93. The van der Waals surface area contributed by atoms with Crippen molar-refractivity contribution in [3.8, 4) is 0 Å². The molecule has 0 aromatic carbocycles. The monoisotopic (exact) mass is 180 g/mol. The highest BCUT2D eigenvalue weighted by Gasteiger charge is 2.41. The zero-order chi connectivity index (χ0) is 8.67. The number of piperidine rings is 2. The topological polar surface area (TPSA) is 6.48 Å². The van der Waals surface area contributed by atoms with Crippen LogP contribution in [0.3, 0.4) is 0 Å². The lowest BCUT2D eigenvalue weighted by molar-refractivity contribution is 0.185. The number of hydrogen-bond donors (Lipinski definition) is 0. The third-order valence-electron chi connectivity index (χ3n) is 4.14. The predicted molar refractivity (Wildman–Crippen MR) is 53.6 cm³/mol. The molecule has 3 aliphatic heterocycles. The highest BCUT2D eigenvalue weighted by Crippen LogP contribution is 2.33. The van der Waals surface area contributed by atoms with Gasteiger partial charge in [-0.25, -0.2) is 0 Å². The summed E-state index contributed by atoms with van der Waals surface area (Å²) in [6.07, 6.45) is 8.79. The number of hydrogen-bond acceptors (Lipinski definition) is 2. The summed E-state index contributed by atoms with van der Waals surface area (Å²) in [4.78, 5) is 5.47. The van der Waals surface area contributed by atoms with Gasteiger partial charge in [0.05, 0.1) is 6.67 Å². The molecule has 13 heavy (non-hydrogen) atoms. The van der Waals surface area contributed by atoms with E-state index in [1.54, 1.807) is 0 Å². The van der Waals surface area contributed by atoms with E-state index in [1.807, 2.05) is 0 Å². The molecule has 0 aromatic heterocycles. The van der Waals surface area contributed by atoms with Crippen LogP contribution in [-0.2, 0) is 0 Å². The zero-order valence-electron chi connectivity index (χ0n) is 8.41. The first-order chi connectivity index (χ1) is 6.45. The van der Waals surface area contributed by atoms with E-state index in [9.17, 15) is 0 Å². The molecule has 0 spiro atoms. The van der Waals surface area contributed by atoms with Crippen LogP contribution in [-0.4, -0.2) is 41.6 Å². The summed E-state index contributed by atoms with van der Waals surface area (Å²) in [5, 5.41) is 0. The minimum Gasteiger partial charge on any atom is -0.286 e. The Bertz CT molecular complexity index is 173. The van der Waals surface area contributed by atoms with E-state index in [4.69, 9.17) is 0 Å². The molecule has 3 saturated heterocycles. The molecule has 0 bridgehead atoms. The molecule has 0 amide bonds. The van der Waals surface area contributed by atoms with E-state index < -0.39 is 0 Å². The lowest BCUT2D eigenvalue weighted by Gasteiger charge is -2.33. The highest BCUT2D eigenvalue weighted by atomic mass is 15.4. The second kappa shape index (κ2) is 3.25. The van der Waals surface area contributed by atoms with Gasteiger partial charge in [0.1, 0.15) is 0 Å². The van der Waals surface area contributed by atoms with Crippen molar-refractivity contribution in [2.75, 3.05) is 19.8 Å². The van der Waals surface area contributed by atoms with Crippen molar-refractivity contribution in [1.29, 1.82) is 0 Å². The van der Waals surface area contributed by atoms with Crippen molar-refractivity contribution < 1.29 is 0 Å². The molecule has 3 rings (SSSR count). The van der Waals surface area contributed by atoms with Gasteiger partial charge in [-0.3, -0.25) is 9.80 Å². The lowest BCUT2D eigenvalue weighted by atomic mass is 9.92. The molecule has 3 aliphatic rings. The Hall–Kier alpha value is -0.0800. The molecule has 0 aliphatic carbocycles. The Kier molecular flexibility index (Phi) is 2.06. The van der Waals surface area contributed by atoms with Gasteiger partial charge in [-0.2, -0.15) is 0 Å². The number of fused-ring (bicyclic) bond motifs is 3. The van der Waals surface area contributed by atoms with Crippen LogP contribution in [0.4, 0.5) is 0 Å². The Balaban J connectivity index is 1.76. The lowest BCUT2D eigenvalue weighted by Crippen LogP contribution is -2.41. The van der Waals surface area contributed by atoms with Crippen molar-refractivity contribution in [1.82, 2.24) is 9.80 Å². The number of rotatable bonds is 0. The summed E-state index contributed by atoms with van der Waals surface area (Å²) in [6, 6.07) is 1.88. The maximum atomic E-state index is 2.74. The highest BCUT2D eigenvalue weighted by molar-refractivity contribution is 4.96. The summed E-state index contributed by atoms with van der Waals surface area (Å²) >= 11 is 0. The molecule has 0 N–H and O–H groups in total.